The molecular weight excluding hydrogens is 286 g/mol. The number of anilines is 7. The van der Waals surface area contributed by atoms with Crippen molar-refractivity contribution in [2.75, 3.05) is 27.8 Å². The highest BCUT2D eigenvalue weighted by molar-refractivity contribution is 5.78. The number of nitrogens with one attached hydrogen (secondary N) is 2. The first-order valence-electron chi connectivity index (χ1n) is 7.25. The molecule has 0 spiro atoms. The Hall–Kier alpha value is -3.34. The van der Waals surface area contributed by atoms with Crippen molar-refractivity contribution in [2.45, 2.75) is 0 Å². The van der Waals surface area contributed by atoms with Gasteiger partial charge in [0.25, 0.3) is 0 Å². The average Bonchev–Trinajstić information content (AvgIpc) is 2.55. The lowest BCUT2D eigenvalue weighted by Gasteiger charge is -2.13. The van der Waals surface area contributed by atoms with Crippen LogP contribution in [-0.2, 0) is 0 Å². The Kier molecular flexibility index (Phi) is 3.93. The largest absolute Gasteiger partial charge is 0.399 e. The molecule has 0 fully saturated rings. The summed E-state index contributed by atoms with van der Waals surface area (Å²) in [4.78, 5) is 0. The normalized spacial score (nSPS) is 10.3. The number of benzene rings is 3. The van der Waals surface area contributed by atoms with Crippen LogP contribution in [0, 0.1) is 0 Å². The Balaban J connectivity index is 1.81. The van der Waals surface area contributed by atoms with Crippen molar-refractivity contribution >= 4 is 39.8 Å². The van der Waals surface area contributed by atoms with E-state index in [9.17, 15) is 0 Å². The minimum atomic E-state index is 0.671. The summed E-state index contributed by atoms with van der Waals surface area (Å²) in [6, 6.07) is 20.8. The van der Waals surface area contributed by atoms with Crippen molar-refractivity contribution in [2.24, 2.45) is 0 Å². The third-order valence-electron chi connectivity index (χ3n) is 3.44. The molecule has 0 saturated heterocycles. The van der Waals surface area contributed by atoms with E-state index in [-0.39, 0.29) is 0 Å². The molecule has 8 N–H and O–H groups in total. The van der Waals surface area contributed by atoms with Crippen molar-refractivity contribution in [1.82, 2.24) is 0 Å². The summed E-state index contributed by atoms with van der Waals surface area (Å²) in [7, 11) is 0. The van der Waals surface area contributed by atoms with Gasteiger partial charge in [-0.1, -0.05) is 0 Å². The Morgan fingerprint density at radius 1 is 0.522 bits per heavy atom. The van der Waals surface area contributed by atoms with E-state index < -0.39 is 0 Å². The molecule has 0 radical (unpaired) electrons. The predicted octanol–water partition coefficient (Wildman–Crippen LogP) is 3.92. The highest BCUT2D eigenvalue weighted by atomic mass is 14.9. The van der Waals surface area contributed by atoms with E-state index in [1.165, 1.54) is 0 Å². The maximum absolute atomic E-state index is 6.05. The van der Waals surface area contributed by atoms with Gasteiger partial charge in [0.15, 0.2) is 0 Å². The SMILES string of the molecule is Nc1ccc(Nc2ccc(N)c(Nc3ccc(N)cc3)c2)cc1. The minimum Gasteiger partial charge on any atom is -0.399 e. The van der Waals surface area contributed by atoms with Gasteiger partial charge < -0.3 is 27.8 Å². The van der Waals surface area contributed by atoms with E-state index in [1.54, 1.807) is 0 Å². The Morgan fingerprint density at radius 2 is 1.00 bits per heavy atom. The zero-order chi connectivity index (χ0) is 16.2. The number of rotatable bonds is 4. The molecule has 5 nitrogen and oxygen atoms in total. The molecule has 0 aliphatic heterocycles. The zero-order valence-corrected chi connectivity index (χ0v) is 12.6. The van der Waals surface area contributed by atoms with Crippen LogP contribution in [0.25, 0.3) is 0 Å². The molecule has 3 aromatic carbocycles. The van der Waals surface area contributed by atoms with Crippen molar-refractivity contribution in [1.29, 1.82) is 0 Å². The minimum absolute atomic E-state index is 0.671. The molecule has 0 amide bonds. The predicted molar refractivity (Wildman–Crippen MR) is 99.1 cm³/mol. The lowest BCUT2D eigenvalue weighted by atomic mass is 10.2. The zero-order valence-electron chi connectivity index (χ0n) is 12.6. The third kappa shape index (κ3) is 3.65. The van der Waals surface area contributed by atoms with E-state index in [4.69, 9.17) is 17.2 Å². The molecule has 5 heteroatoms. The first-order chi connectivity index (χ1) is 11.1. The molecule has 23 heavy (non-hydrogen) atoms. The van der Waals surface area contributed by atoms with Crippen LogP contribution in [0.2, 0.25) is 0 Å². The summed E-state index contributed by atoms with van der Waals surface area (Å²) in [5.74, 6) is 0. The molecule has 0 saturated carbocycles. The van der Waals surface area contributed by atoms with Crippen LogP contribution in [0.15, 0.2) is 66.7 Å². The van der Waals surface area contributed by atoms with Crippen molar-refractivity contribution < 1.29 is 0 Å². The molecule has 3 aromatic rings. The van der Waals surface area contributed by atoms with Gasteiger partial charge in [-0.15, -0.1) is 0 Å². The van der Waals surface area contributed by atoms with Crippen LogP contribution in [0.3, 0.4) is 0 Å². The smallest absolute Gasteiger partial charge is 0.0638 e. The van der Waals surface area contributed by atoms with Gasteiger partial charge in [-0.25, -0.2) is 0 Å². The second-order valence-corrected chi connectivity index (χ2v) is 5.30. The Bertz CT molecular complexity index is 795. The molecule has 3 rings (SSSR count). The van der Waals surface area contributed by atoms with Crippen LogP contribution in [0.1, 0.15) is 0 Å². The van der Waals surface area contributed by atoms with Crippen LogP contribution < -0.4 is 27.8 Å². The highest BCUT2D eigenvalue weighted by Gasteiger charge is 2.03. The van der Waals surface area contributed by atoms with Gasteiger partial charge in [0.05, 0.1) is 11.4 Å². The molecule has 0 aliphatic rings. The van der Waals surface area contributed by atoms with Gasteiger partial charge in [-0.05, 0) is 66.7 Å². The van der Waals surface area contributed by atoms with Gasteiger partial charge >= 0.3 is 0 Å². The van der Waals surface area contributed by atoms with E-state index >= 15 is 0 Å². The fourth-order valence-corrected chi connectivity index (χ4v) is 2.20. The Morgan fingerprint density at radius 3 is 1.57 bits per heavy atom. The molecule has 0 unspecified atom stereocenters. The third-order valence-corrected chi connectivity index (χ3v) is 3.44. The molecule has 116 valence electrons. The summed E-state index contributed by atoms with van der Waals surface area (Å²) >= 11 is 0. The monoisotopic (exact) mass is 305 g/mol. The maximum Gasteiger partial charge on any atom is 0.0638 e. The summed E-state index contributed by atoms with van der Waals surface area (Å²) in [5, 5.41) is 6.62. The summed E-state index contributed by atoms with van der Waals surface area (Å²) in [6.07, 6.45) is 0. The summed E-state index contributed by atoms with van der Waals surface area (Å²) in [6.45, 7) is 0. The number of hydrogen-bond acceptors (Lipinski definition) is 5. The van der Waals surface area contributed by atoms with Gasteiger partial charge in [-0.2, -0.15) is 0 Å². The maximum atomic E-state index is 6.05. The van der Waals surface area contributed by atoms with Gasteiger partial charge in [0.1, 0.15) is 0 Å². The molecular formula is C18H19N5. The van der Waals surface area contributed by atoms with Gasteiger partial charge in [0.2, 0.25) is 0 Å². The number of hydrogen-bond donors (Lipinski definition) is 5. The molecule has 0 aliphatic carbocycles. The van der Waals surface area contributed by atoms with Crippen molar-refractivity contribution in [3.8, 4) is 0 Å². The summed E-state index contributed by atoms with van der Waals surface area (Å²) < 4.78 is 0. The van der Waals surface area contributed by atoms with Crippen LogP contribution in [-0.4, -0.2) is 0 Å². The number of nitrogens with two attached hydrogens (primary N) is 3. The van der Waals surface area contributed by atoms with E-state index in [1.807, 2.05) is 66.7 Å². The lowest BCUT2D eigenvalue weighted by Crippen LogP contribution is -1.98. The quantitative estimate of drug-likeness (QED) is 0.470. The van der Waals surface area contributed by atoms with Crippen molar-refractivity contribution in [3.63, 3.8) is 0 Å². The fourth-order valence-electron chi connectivity index (χ4n) is 2.20. The first kappa shape index (κ1) is 14.6. The van der Waals surface area contributed by atoms with E-state index in [0.29, 0.717) is 5.69 Å². The second-order valence-electron chi connectivity index (χ2n) is 5.30. The first-order valence-corrected chi connectivity index (χ1v) is 7.25. The van der Waals surface area contributed by atoms with Crippen LogP contribution in [0.4, 0.5) is 39.8 Å². The van der Waals surface area contributed by atoms with Gasteiger partial charge in [-0.3, -0.25) is 0 Å². The molecule has 0 aromatic heterocycles. The van der Waals surface area contributed by atoms with E-state index in [0.717, 1.165) is 34.1 Å². The lowest BCUT2D eigenvalue weighted by molar-refractivity contribution is 1.51. The summed E-state index contributed by atoms with van der Waals surface area (Å²) in [5.41, 5.74) is 23.2. The Labute approximate surface area is 135 Å². The van der Waals surface area contributed by atoms with Crippen LogP contribution in [0.5, 0.6) is 0 Å². The van der Waals surface area contributed by atoms with Crippen LogP contribution >= 0.6 is 0 Å². The van der Waals surface area contributed by atoms with Gasteiger partial charge in [0, 0.05) is 28.4 Å². The molecule has 0 bridgehead atoms. The number of nitrogen functional groups attached to an aromatic ring is 3. The average molecular weight is 305 g/mol. The fraction of sp³-hybridized carbons (Fsp3) is 0. The van der Waals surface area contributed by atoms with E-state index in [2.05, 4.69) is 10.6 Å². The second kappa shape index (κ2) is 6.19. The molecule has 0 atom stereocenters. The molecule has 0 heterocycles. The standard InChI is InChI=1S/C18H19N5/c19-12-1-5-14(6-2-12)22-16-9-10-17(21)18(11-16)23-15-7-3-13(20)4-8-15/h1-11,22-23H,19-21H2. The topological polar surface area (TPSA) is 102 Å². The van der Waals surface area contributed by atoms with Crippen molar-refractivity contribution in [3.05, 3.63) is 66.7 Å². The highest BCUT2D eigenvalue weighted by Crippen LogP contribution is 2.28.